The Balaban J connectivity index is 0.00000108. The Bertz CT molecular complexity index is 522. The fourth-order valence-electron chi connectivity index (χ4n) is 2.16. The zero-order valence-electron chi connectivity index (χ0n) is 9.64. The van der Waals surface area contributed by atoms with Crippen molar-refractivity contribution >= 4 is 11.8 Å². The molecule has 2 aromatic carbocycles. The van der Waals surface area contributed by atoms with E-state index < -0.39 is 0 Å². The van der Waals surface area contributed by atoms with Crippen molar-refractivity contribution in [2.45, 2.75) is 23.1 Å². The Morgan fingerprint density at radius 3 is 2.41 bits per heavy atom. The van der Waals surface area contributed by atoms with Crippen LogP contribution in [0.25, 0.3) is 0 Å². The second kappa shape index (κ2) is 5.33. The minimum atomic E-state index is 0. The Morgan fingerprint density at radius 2 is 1.59 bits per heavy atom. The summed E-state index contributed by atoms with van der Waals surface area (Å²) in [7, 11) is 0. The average Bonchev–Trinajstić information content (AvgIpc) is 2.45. The molecule has 0 fully saturated rings. The molecule has 0 aromatic heterocycles. The molecule has 0 amide bonds. The quantitative estimate of drug-likeness (QED) is 0.584. The monoisotopic (exact) mass is 409 g/mol. The Kier molecular flexibility index (Phi) is 4.01. The molecule has 1 aliphatic heterocycles. The van der Waals surface area contributed by atoms with Crippen LogP contribution in [0.15, 0.2) is 58.3 Å². The average molecular weight is 409 g/mol. The predicted molar refractivity (Wildman–Crippen MR) is 68.7 cm³/mol. The summed E-state index contributed by atoms with van der Waals surface area (Å²) in [6, 6.07) is 17.4. The third-order valence-corrected chi connectivity index (χ3v) is 4.19. The molecule has 0 saturated heterocycles. The standard InChI is InChI=1S/C15H13S.W/c1-11-10-12-6-2-4-8-14(12)16-15-9-5-3-7-13(11)15;/h2-9H,10H2,1H3;/q-1;. The van der Waals surface area contributed by atoms with Gasteiger partial charge in [-0.1, -0.05) is 42.5 Å². The van der Waals surface area contributed by atoms with Gasteiger partial charge in [0.15, 0.2) is 0 Å². The maximum atomic E-state index is 2.24. The van der Waals surface area contributed by atoms with Crippen LogP contribution in [0.4, 0.5) is 0 Å². The van der Waals surface area contributed by atoms with Gasteiger partial charge in [-0.3, -0.25) is 0 Å². The molecule has 0 spiro atoms. The molecule has 3 rings (SSSR count). The summed E-state index contributed by atoms with van der Waals surface area (Å²) in [6.07, 6.45) is 1.07. The maximum absolute atomic E-state index is 2.24. The zero-order valence-corrected chi connectivity index (χ0v) is 13.4. The van der Waals surface area contributed by atoms with Crippen LogP contribution in [-0.2, 0) is 27.5 Å². The summed E-state index contributed by atoms with van der Waals surface area (Å²) in [5.74, 6) is 1.47. The molecule has 1 aliphatic rings. The van der Waals surface area contributed by atoms with Crippen LogP contribution in [0.1, 0.15) is 18.1 Å². The van der Waals surface area contributed by atoms with Crippen molar-refractivity contribution in [3.05, 3.63) is 65.6 Å². The van der Waals surface area contributed by atoms with Gasteiger partial charge in [-0.15, -0.1) is 12.1 Å². The number of benzene rings is 2. The van der Waals surface area contributed by atoms with Gasteiger partial charge in [-0.2, -0.15) is 29.3 Å². The third kappa shape index (κ3) is 2.46. The van der Waals surface area contributed by atoms with Crippen LogP contribution in [0.5, 0.6) is 0 Å². The summed E-state index contributed by atoms with van der Waals surface area (Å²) in [6.45, 7) is 2.24. The largest absolute Gasteiger partial charge is 0.175 e. The molecule has 0 bridgehead atoms. The summed E-state index contributed by atoms with van der Waals surface area (Å²) in [4.78, 5) is 2.77. The Morgan fingerprint density at radius 1 is 0.941 bits per heavy atom. The molecule has 2 heteroatoms. The minimum absolute atomic E-state index is 0. The van der Waals surface area contributed by atoms with Crippen molar-refractivity contribution < 1.29 is 21.1 Å². The van der Waals surface area contributed by atoms with E-state index in [0.29, 0.717) is 0 Å². The maximum Gasteiger partial charge on any atom is 0.00203 e. The molecule has 17 heavy (non-hydrogen) atoms. The molecular weight excluding hydrogens is 396 g/mol. The second-order valence-corrected chi connectivity index (χ2v) is 5.25. The van der Waals surface area contributed by atoms with Gasteiger partial charge >= 0.3 is 0 Å². The van der Waals surface area contributed by atoms with Crippen molar-refractivity contribution in [3.8, 4) is 0 Å². The molecule has 0 saturated carbocycles. The SMILES string of the molecule is C[C-]1Cc2ccccc2Sc2ccccc21.[W]. The molecule has 1 heterocycles. The topological polar surface area (TPSA) is 0 Å². The van der Waals surface area contributed by atoms with E-state index in [1.807, 2.05) is 11.8 Å². The van der Waals surface area contributed by atoms with Crippen LogP contribution in [0.2, 0.25) is 0 Å². The van der Waals surface area contributed by atoms with Crippen LogP contribution < -0.4 is 0 Å². The summed E-state index contributed by atoms with van der Waals surface area (Å²) in [5.41, 5.74) is 2.85. The van der Waals surface area contributed by atoms with Crippen LogP contribution in [-0.4, -0.2) is 0 Å². The van der Waals surface area contributed by atoms with Crippen molar-refractivity contribution in [3.63, 3.8) is 0 Å². The predicted octanol–water partition coefficient (Wildman–Crippen LogP) is 4.33. The normalized spacial score (nSPS) is 13.1. The van der Waals surface area contributed by atoms with Gasteiger partial charge in [-0.05, 0) is 11.6 Å². The van der Waals surface area contributed by atoms with Gasteiger partial charge in [0.05, 0.1) is 0 Å². The van der Waals surface area contributed by atoms with Gasteiger partial charge in [0, 0.05) is 26.0 Å². The molecule has 0 atom stereocenters. The van der Waals surface area contributed by atoms with E-state index in [4.69, 9.17) is 0 Å². The summed E-state index contributed by atoms with van der Waals surface area (Å²) >= 11 is 1.89. The summed E-state index contributed by atoms with van der Waals surface area (Å²) in [5, 5.41) is 0. The fourth-order valence-corrected chi connectivity index (χ4v) is 3.31. The van der Waals surface area contributed by atoms with Gasteiger partial charge in [0.25, 0.3) is 0 Å². The van der Waals surface area contributed by atoms with Crippen LogP contribution in [0.3, 0.4) is 0 Å². The van der Waals surface area contributed by atoms with E-state index in [1.54, 1.807) is 0 Å². The number of rotatable bonds is 0. The molecule has 0 radical (unpaired) electrons. The van der Waals surface area contributed by atoms with E-state index in [0.717, 1.165) is 6.42 Å². The Hall–Kier alpha value is -0.652. The molecule has 86 valence electrons. The van der Waals surface area contributed by atoms with Crippen LogP contribution >= 0.6 is 11.8 Å². The van der Waals surface area contributed by atoms with E-state index in [2.05, 4.69) is 55.5 Å². The van der Waals surface area contributed by atoms with Gasteiger partial charge in [0.2, 0.25) is 0 Å². The van der Waals surface area contributed by atoms with Crippen molar-refractivity contribution in [2.24, 2.45) is 0 Å². The van der Waals surface area contributed by atoms with Gasteiger partial charge in [-0.25, -0.2) is 0 Å². The van der Waals surface area contributed by atoms with E-state index in [1.165, 1.54) is 26.8 Å². The van der Waals surface area contributed by atoms with Gasteiger partial charge in [0.1, 0.15) is 0 Å². The fraction of sp³-hybridized carbons (Fsp3) is 0.133. The molecule has 2 aromatic rings. The molecular formula is C15H13SW-. The smallest absolute Gasteiger partial charge is 0.00203 e. The first-order chi connectivity index (χ1) is 7.84. The molecule has 0 nitrogen and oxygen atoms in total. The first kappa shape index (κ1) is 12.8. The number of fused-ring (bicyclic) bond motifs is 2. The molecule has 0 N–H and O–H groups in total. The number of hydrogen-bond acceptors (Lipinski definition) is 1. The van der Waals surface area contributed by atoms with Crippen molar-refractivity contribution in [1.29, 1.82) is 0 Å². The van der Waals surface area contributed by atoms with Gasteiger partial charge < -0.3 is 0 Å². The van der Waals surface area contributed by atoms with E-state index in [-0.39, 0.29) is 21.1 Å². The van der Waals surface area contributed by atoms with Crippen LogP contribution in [0, 0.1) is 5.92 Å². The summed E-state index contributed by atoms with van der Waals surface area (Å²) < 4.78 is 0. The Labute approximate surface area is 121 Å². The number of hydrogen-bond donors (Lipinski definition) is 0. The second-order valence-electron chi connectivity index (χ2n) is 4.16. The first-order valence-electron chi connectivity index (χ1n) is 5.52. The van der Waals surface area contributed by atoms with Crippen molar-refractivity contribution in [1.82, 2.24) is 0 Å². The minimum Gasteiger partial charge on any atom is -0.175 e. The zero-order chi connectivity index (χ0) is 11.0. The third-order valence-electron chi connectivity index (χ3n) is 2.99. The molecule has 0 unspecified atom stereocenters. The first-order valence-corrected chi connectivity index (χ1v) is 6.34. The van der Waals surface area contributed by atoms with E-state index in [9.17, 15) is 0 Å². The van der Waals surface area contributed by atoms with E-state index >= 15 is 0 Å². The molecule has 0 aliphatic carbocycles. The van der Waals surface area contributed by atoms with Crippen molar-refractivity contribution in [2.75, 3.05) is 0 Å².